The molecule has 0 spiro atoms. The molecule has 0 saturated heterocycles. The monoisotopic (exact) mass is 187 g/mol. The van der Waals surface area contributed by atoms with E-state index in [0.717, 1.165) is 23.7 Å². The van der Waals surface area contributed by atoms with E-state index < -0.39 is 0 Å². The molecule has 14 heavy (non-hydrogen) atoms. The molecule has 1 heterocycles. The second kappa shape index (κ2) is 2.77. The van der Waals surface area contributed by atoms with E-state index in [1.807, 2.05) is 12.1 Å². The minimum absolute atomic E-state index is 0.418. The first-order valence-corrected chi connectivity index (χ1v) is 5.17. The molecule has 1 aromatic heterocycles. The number of H-pyrrole nitrogens is 1. The van der Waals surface area contributed by atoms with E-state index in [-0.39, 0.29) is 0 Å². The minimum atomic E-state index is 0.418. The molecule has 1 aliphatic carbocycles. The van der Waals surface area contributed by atoms with Gasteiger partial charge in [0.2, 0.25) is 0 Å². The quantitative estimate of drug-likeness (QED) is 0.653. The van der Waals surface area contributed by atoms with Gasteiger partial charge in [0, 0.05) is 16.6 Å². The van der Waals surface area contributed by atoms with Gasteiger partial charge in [0.05, 0.1) is 0 Å². The van der Waals surface area contributed by atoms with Crippen molar-refractivity contribution in [1.29, 1.82) is 0 Å². The number of phenolic OH excluding ortho intramolecular Hbond substituents is 1. The van der Waals surface area contributed by atoms with E-state index in [4.69, 9.17) is 0 Å². The number of hydrogen-bond donors (Lipinski definition) is 2. The number of hydrogen-bond acceptors (Lipinski definition) is 1. The number of benzene rings is 1. The zero-order chi connectivity index (χ0) is 9.54. The number of aromatic nitrogens is 1. The summed E-state index contributed by atoms with van der Waals surface area (Å²) in [5.74, 6) is 0.418. The Kier molecular flexibility index (Phi) is 1.57. The molecule has 3 rings (SSSR count). The van der Waals surface area contributed by atoms with Crippen molar-refractivity contribution in [1.82, 2.24) is 4.98 Å². The maximum Gasteiger partial charge on any atom is 0.125 e. The lowest BCUT2D eigenvalue weighted by Crippen LogP contribution is -1.99. The number of aromatic amines is 1. The van der Waals surface area contributed by atoms with Crippen molar-refractivity contribution in [3.63, 3.8) is 0 Å². The molecule has 0 aliphatic heterocycles. The van der Waals surface area contributed by atoms with E-state index in [2.05, 4.69) is 4.98 Å². The van der Waals surface area contributed by atoms with Crippen LogP contribution in [0.5, 0.6) is 5.75 Å². The van der Waals surface area contributed by atoms with Crippen molar-refractivity contribution in [3.05, 3.63) is 29.5 Å². The molecule has 2 nitrogen and oxygen atoms in total. The molecule has 0 amide bonds. The highest BCUT2D eigenvalue weighted by molar-refractivity contribution is 5.90. The maximum atomic E-state index is 9.80. The van der Waals surface area contributed by atoms with Crippen LogP contribution in [0, 0.1) is 0 Å². The topological polar surface area (TPSA) is 36.0 Å². The Labute approximate surface area is 82.6 Å². The van der Waals surface area contributed by atoms with E-state index in [0.29, 0.717) is 5.75 Å². The van der Waals surface area contributed by atoms with Gasteiger partial charge in [0.1, 0.15) is 5.75 Å². The van der Waals surface area contributed by atoms with Crippen LogP contribution in [0.1, 0.15) is 24.1 Å². The highest BCUT2D eigenvalue weighted by Gasteiger charge is 2.16. The van der Waals surface area contributed by atoms with Crippen molar-refractivity contribution < 1.29 is 5.11 Å². The fourth-order valence-corrected chi connectivity index (χ4v) is 2.44. The Morgan fingerprint density at radius 1 is 1.14 bits per heavy atom. The molecule has 0 fully saturated rings. The van der Waals surface area contributed by atoms with Gasteiger partial charge in [-0.1, -0.05) is 6.07 Å². The van der Waals surface area contributed by atoms with Crippen molar-refractivity contribution in [2.75, 3.05) is 0 Å². The van der Waals surface area contributed by atoms with Gasteiger partial charge in [0.15, 0.2) is 0 Å². The summed E-state index contributed by atoms with van der Waals surface area (Å²) in [5.41, 5.74) is 3.74. The largest absolute Gasteiger partial charge is 0.507 e. The molecule has 0 bridgehead atoms. The maximum absolute atomic E-state index is 9.80. The third kappa shape index (κ3) is 0.969. The van der Waals surface area contributed by atoms with Gasteiger partial charge < -0.3 is 10.1 Å². The number of rotatable bonds is 0. The van der Waals surface area contributed by atoms with Crippen LogP contribution < -0.4 is 0 Å². The number of phenols is 1. The minimum Gasteiger partial charge on any atom is -0.507 e. The molecular formula is C12H13NO. The van der Waals surface area contributed by atoms with E-state index in [1.54, 1.807) is 6.07 Å². The molecule has 1 aromatic carbocycles. The molecule has 72 valence electrons. The summed E-state index contributed by atoms with van der Waals surface area (Å²) >= 11 is 0. The average Bonchev–Trinajstić information content (AvgIpc) is 2.57. The van der Waals surface area contributed by atoms with Gasteiger partial charge in [-0.3, -0.25) is 0 Å². The molecule has 0 unspecified atom stereocenters. The van der Waals surface area contributed by atoms with Crippen molar-refractivity contribution in [2.24, 2.45) is 0 Å². The summed E-state index contributed by atoms with van der Waals surface area (Å²) in [6.45, 7) is 0. The normalized spacial score (nSPS) is 15.7. The lowest BCUT2D eigenvalue weighted by atomic mass is 9.95. The van der Waals surface area contributed by atoms with Crippen LogP contribution in [-0.2, 0) is 12.8 Å². The highest BCUT2D eigenvalue weighted by Crippen LogP contribution is 2.34. The van der Waals surface area contributed by atoms with Crippen LogP contribution in [0.15, 0.2) is 18.2 Å². The summed E-state index contributed by atoms with van der Waals surface area (Å²) in [6.07, 6.45) is 4.74. The highest BCUT2D eigenvalue weighted by atomic mass is 16.3. The van der Waals surface area contributed by atoms with Crippen LogP contribution in [0.25, 0.3) is 10.9 Å². The Morgan fingerprint density at radius 3 is 2.93 bits per heavy atom. The van der Waals surface area contributed by atoms with Crippen molar-refractivity contribution in [3.8, 4) is 5.75 Å². The third-order valence-corrected chi connectivity index (χ3v) is 3.10. The molecule has 0 atom stereocenters. The Hall–Kier alpha value is -1.44. The smallest absolute Gasteiger partial charge is 0.125 e. The predicted molar refractivity (Wildman–Crippen MR) is 56.6 cm³/mol. The number of aromatic hydroxyl groups is 1. The third-order valence-electron chi connectivity index (χ3n) is 3.10. The zero-order valence-electron chi connectivity index (χ0n) is 8.01. The first-order chi connectivity index (χ1) is 6.86. The number of nitrogens with one attached hydrogen (secondary N) is 1. The van der Waals surface area contributed by atoms with Crippen LogP contribution in [0.3, 0.4) is 0 Å². The molecular weight excluding hydrogens is 174 g/mol. The van der Waals surface area contributed by atoms with Gasteiger partial charge in [-0.05, 0) is 43.4 Å². The van der Waals surface area contributed by atoms with Crippen LogP contribution in [0.2, 0.25) is 0 Å². The molecule has 1 aliphatic rings. The van der Waals surface area contributed by atoms with Crippen molar-refractivity contribution >= 4 is 10.9 Å². The molecule has 2 aromatic rings. The van der Waals surface area contributed by atoms with E-state index >= 15 is 0 Å². The van der Waals surface area contributed by atoms with Gasteiger partial charge in [0.25, 0.3) is 0 Å². The van der Waals surface area contributed by atoms with Gasteiger partial charge in [-0.15, -0.1) is 0 Å². The summed E-state index contributed by atoms with van der Waals surface area (Å²) in [7, 11) is 0. The van der Waals surface area contributed by atoms with Crippen LogP contribution >= 0.6 is 0 Å². The predicted octanol–water partition coefficient (Wildman–Crippen LogP) is 2.75. The lowest BCUT2D eigenvalue weighted by molar-refractivity contribution is 0.481. The van der Waals surface area contributed by atoms with E-state index in [9.17, 15) is 5.11 Å². The summed E-state index contributed by atoms with van der Waals surface area (Å²) < 4.78 is 0. The lowest BCUT2D eigenvalue weighted by Gasteiger charge is -2.10. The van der Waals surface area contributed by atoms with Gasteiger partial charge in [-0.25, -0.2) is 0 Å². The zero-order valence-corrected chi connectivity index (χ0v) is 8.01. The van der Waals surface area contributed by atoms with E-state index in [1.165, 1.54) is 24.1 Å². The Balaban J connectivity index is 2.38. The summed E-state index contributed by atoms with van der Waals surface area (Å²) in [6, 6.07) is 5.69. The standard InChI is InChI=1S/C12H13NO/c14-11-7-3-6-10-12(11)8-4-1-2-5-9(8)13-10/h3,6-7,13-14H,1-2,4-5H2. The second-order valence-electron chi connectivity index (χ2n) is 3.99. The molecule has 0 radical (unpaired) electrons. The molecule has 2 heteroatoms. The number of aryl methyl sites for hydroxylation is 2. The fraction of sp³-hybridized carbons (Fsp3) is 0.333. The van der Waals surface area contributed by atoms with Gasteiger partial charge in [-0.2, -0.15) is 0 Å². The summed E-state index contributed by atoms with van der Waals surface area (Å²) in [4.78, 5) is 3.40. The summed E-state index contributed by atoms with van der Waals surface area (Å²) in [5, 5.41) is 10.8. The second-order valence-corrected chi connectivity index (χ2v) is 3.99. The molecule has 0 saturated carbocycles. The van der Waals surface area contributed by atoms with Crippen LogP contribution in [-0.4, -0.2) is 10.1 Å². The first kappa shape index (κ1) is 7.92. The van der Waals surface area contributed by atoms with Gasteiger partial charge >= 0.3 is 0 Å². The van der Waals surface area contributed by atoms with Crippen LogP contribution in [0.4, 0.5) is 0 Å². The first-order valence-electron chi connectivity index (χ1n) is 5.17. The molecule has 2 N–H and O–H groups in total. The number of fused-ring (bicyclic) bond motifs is 3. The SMILES string of the molecule is Oc1cccc2[nH]c3c(c12)CCCC3. The fourth-order valence-electron chi connectivity index (χ4n) is 2.44. The Bertz CT molecular complexity index is 484. The van der Waals surface area contributed by atoms with Crippen molar-refractivity contribution in [2.45, 2.75) is 25.7 Å². The Morgan fingerprint density at radius 2 is 2.00 bits per heavy atom. The average molecular weight is 187 g/mol.